The smallest absolute Gasteiger partial charge is 0.345 e. The Hall–Kier alpha value is -3.03. The Morgan fingerprint density at radius 2 is 2.07 bits per heavy atom. The standard InChI is InChI=1S/C20H16N2O5/c1-2-20(26)12-8-14-16-11(7-10-5-3-4-6-13(10)21-16)9-22(14)17(23)15(12)18(24)27-19(20)25/h3-8,18,24,26H,2,9H2,1H3/t18?,20-/m0/s1. The van der Waals surface area contributed by atoms with Crippen LogP contribution in [0.4, 0.5) is 0 Å². The van der Waals surface area contributed by atoms with Gasteiger partial charge in [-0.05, 0) is 24.6 Å². The monoisotopic (exact) mass is 364 g/mol. The van der Waals surface area contributed by atoms with E-state index in [2.05, 4.69) is 4.98 Å². The van der Waals surface area contributed by atoms with E-state index in [4.69, 9.17) is 4.74 Å². The lowest BCUT2D eigenvalue weighted by atomic mass is 9.85. The zero-order chi connectivity index (χ0) is 18.9. The van der Waals surface area contributed by atoms with Crippen molar-refractivity contribution in [2.45, 2.75) is 31.8 Å². The third kappa shape index (κ3) is 2.01. The van der Waals surface area contributed by atoms with Crippen LogP contribution >= 0.6 is 0 Å². The second kappa shape index (κ2) is 5.25. The zero-order valence-corrected chi connectivity index (χ0v) is 14.5. The predicted octanol–water partition coefficient (Wildman–Crippen LogP) is 1.57. The predicted molar refractivity (Wildman–Crippen MR) is 95.8 cm³/mol. The van der Waals surface area contributed by atoms with Crippen LogP contribution in [-0.2, 0) is 21.7 Å². The molecule has 1 aromatic carbocycles. The molecule has 0 radical (unpaired) electrons. The summed E-state index contributed by atoms with van der Waals surface area (Å²) in [5.74, 6) is -0.959. The minimum atomic E-state index is -1.97. The number of carbonyl (C=O) groups excluding carboxylic acids is 1. The zero-order valence-electron chi connectivity index (χ0n) is 14.5. The Bertz CT molecular complexity index is 1200. The molecule has 2 aliphatic rings. The molecule has 0 aliphatic carbocycles. The van der Waals surface area contributed by atoms with Gasteiger partial charge in [0.2, 0.25) is 6.29 Å². The summed E-state index contributed by atoms with van der Waals surface area (Å²) in [5, 5.41) is 22.0. The molecule has 2 aromatic heterocycles. The molecule has 27 heavy (non-hydrogen) atoms. The van der Waals surface area contributed by atoms with Gasteiger partial charge in [-0.3, -0.25) is 4.79 Å². The van der Waals surface area contributed by atoms with Gasteiger partial charge in [-0.25, -0.2) is 9.78 Å². The number of aliphatic hydroxyl groups is 2. The first-order valence-electron chi connectivity index (χ1n) is 8.73. The van der Waals surface area contributed by atoms with Crippen LogP contribution in [0.2, 0.25) is 0 Å². The fourth-order valence-electron chi connectivity index (χ4n) is 3.97. The van der Waals surface area contributed by atoms with Crippen molar-refractivity contribution in [3.63, 3.8) is 0 Å². The first-order valence-corrected chi connectivity index (χ1v) is 8.73. The Morgan fingerprint density at radius 3 is 2.85 bits per heavy atom. The van der Waals surface area contributed by atoms with Crippen molar-refractivity contribution in [3.05, 3.63) is 63.4 Å². The molecule has 5 rings (SSSR count). The maximum absolute atomic E-state index is 13.1. The van der Waals surface area contributed by atoms with E-state index in [0.717, 1.165) is 16.5 Å². The van der Waals surface area contributed by atoms with Crippen molar-refractivity contribution >= 4 is 16.9 Å². The molecular formula is C20H16N2O5. The minimum Gasteiger partial charge on any atom is -0.429 e. The van der Waals surface area contributed by atoms with Gasteiger partial charge >= 0.3 is 5.97 Å². The highest BCUT2D eigenvalue weighted by atomic mass is 16.6. The first-order chi connectivity index (χ1) is 12.9. The molecule has 2 atom stereocenters. The fraction of sp³-hybridized carbons (Fsp3) is 0.250. The number of fused-ring (bicyclic) bond motifs is 5. The molecule has 0 saturated carbocycles. The van der Waals surface area contributed by atoms with Crippen molar-refractivity contribution in [1.82, 2.24) is 9.55 Å². The van der Waals surface area contributed by atoms with E-state index < -0.39 is 23.4 Å². The molecule has 0 bridgehead atoms. The lowest BCUT2D eigenvalue weighted by Gasteiger charge is -2.34. The van der Waals surface area contributed by atoms with E-state index in [1.165, 1.54) is 4.57 Å². The molecular weight excluding hydrogens is 348 g/mol. The van der Waals surface area contributed by atoms with Gasteiger partial charge in [0.1, 0.15) is 0 Å². The molecule has 2 aliphatic heterocycles. The third-order valence-electron chi connectivity index (χ3n) is 5.47. The number of cyclic esters (lactones) is 1. The molecule has 7 nitrogen and oxygen atoms in total. The van der Waals surface area contributed by atoms with Crippen LogP contribution in [0.1, 0.15) is 36.3 Å². The van der Waals surface area contributed by atoms with Crippen LogP contribution in [0, 0.1) is 0 Å². The van der Waals surface area contributed by atoms with Crippen LogP contribution in [-0.4, -0.2) is 25.7 Å². The minimum absolute atomic E-state index is 0.0203. The number of nitrogens with zero attached hydrogens (tertiary/aromatic N) is 2. The average Bonchev–Trinajstić information content (AvgIpc) is 3.02. The Labute approximate surface area is 153 Å². The molecule has 3 aromatic rings. The quantitative estimate of drug-likeness (QED) is 0.497. The number of benzene rings is 1. The van der Waals surface area contributed by atoms with Gasteiger partial charge in [0, 0.05) is 16.5 Å². The number of hydrogen-bond donors (Lipinski definition) is 2. The van der Waals surface area contributed by atoms with Crippen molar-refractivity contribution in [2.24, 2.45) is 0 Å². The number of aromatic nitrogens is 2. The third-order valence-corrected chi connectivity index (χ3v) is 5.47. The number of pyridine rings is 2. The highest BCUT2D eigenvalue weighted by molar-refractivity contribution is 5.86. The number of esters is 1. The number of para-hydroxylation sites is 1. The molecule has 0 saturated heterocycles. The molecule has 2 N–H and O–H groups in total. The summed E-state index contributed by atoms with van der Waals surface area (Å²) < 4.78 is 6.33. The second-order valence-corrected chi connectivity index (χ2v) is 6.91. The van der Waals surface area contributed by atoms with Crippen LogP contribution < -0.4 is 5.56 Å². The molecule has 4 heterocycles. The van der Waals surface area contributed by atoms with Gasteiger partial charge in [0.05, 0.1) is 29.0 Å². The van der Waals surface area contributed by atoms with E-state index in [1.54, 1.807) is 13.0 Å². The number of carbonyl (C=O) groups is 1. The van der Waals surface area contributed by atoms with E-state index >= 15 is 0 Å². The molecule has 0 spiro atoms. The van der Waals surface area contributed by atoms with E-state index in [0.29, 0.717) is 17.9 Å². The molecule has 0 amide bonds. The number of hydrogen-bond acceptors (Lipinski definition) is 6. The molecule has 136 valence electrons. The van der Waals surface area contributed by atoms with Gasteiger partial charge in [-0.15, -0.1) is 0 Å². The van der Waals surface area contributed by atoms with Gasteiger partial charge in [0.25, 0.3) is 5.56 Å². The average molecular weight is 364 g/mol. The Balaban J connectivity index is 1.83. The lowest BCUT2D eigenvalue weighted by Crippen LogP contribution is -2.46. The Kier molecular flexibility index (Phi) is 3.14. The van der Waals surface area contributed by atoms with Gasteiger partial charge in [-0.2, -0.15) is 0 Å². The lowest BCUT2D eigenvalue weighted by molar-refractivity contribution is -0.199. The molecule has 7 heteroatoms. The highest BCUT2D eigenvalue weighted by Gasteiger charge is 2.48. The second-order valence-electron chi connectivity index (χ2n) is 6.91. The summed E-state index contributed by atoms with van der Waals surface area (Å²) in [6, 6.07) is 11.2. The van der Waals surface area contributed by atoms with Crippen LogP contribution in [0.25, 0.3) is 22.3 Å². The number of rotatable bonds is 1. The van der Waals surface area contributed by atoms with E-state index in [-0.39, 0.29) is 17.5 Å². The van der Waals surface area contributed by atoms with Crippen molar-refractivity contribution in [1.29, 1.82) is 0 Å². The number of ether oxygens (including phenoxy) is 1. The van der Waals surface area contributed by atoms with E-state index in [9.17, 15) is 19.8 Å². The van der Waals surface area contributed by atoms with Gasteiger partial charge in [0.15, 0.2) is 5.60 Å². The van der Waals surface area contributed by atoms with Crippen molar-refractivity contribution in [2.75, 3.05) is 0 Å². The SMILES string of the molecule is CC[C@@]1(O)C(=O)OC(O)c2c1cc1n(c2=O)Cc2cc3ccccc3nc2-1. The summed E-state index contributed by atoms with van der Waals surface area (Å²) in [5.41, 5.74) is 0.358. The summed E-state index contributed by atoms with van der Waals surface area (Å²) in [6.45, 7) is 1.92. The van der Waals surface area contributed by atoms with Crippen molar-refractivity contribution < 1.29 is 19.7 Å². The molecule has 1 unspecified atom stereocenters. The first kappa shape index (κ1) is 16.2. The largest absolute Gasteiger partial charge is 0.429 e. The van der Waals surface area contributed by atoms with Gasteiger partial charge in [-0.1, -0.05) is 25.1 Å². The van der Waals surface area contributed by atoms with Gasteiger partial charge < -0.3 is 19.5 Å². The highest BCUT2D eigenvalue weighted by Crippen LogP contribution is 2.41. The summed E-state index contributed by atoms with van der Waals surface area (Å²) in [6.07, 6.45) is -1.67. The summed E-state index contributed by atoms with van der Waals surface area (Å²) in [7, 11) is 0. The normalized spacial score (nSPS) is 22.9. The van der Waals surface area contributed by atoms with E-state index in [1.807, 2.05) is 30.3 Å². The summed E-state index contributed by atoms with van der Waals surface area (Å²) >= 11 is 0. The Morgan fingerprint density at radius 1 is 1.30 bits per heavy atom. The van der Waals surface area contributed by atoms with Crippen molar-refractivity contribution in [3.8, 4) is 11.4 Å². The fourth-order valence-corrected chi connectivity index (χ4v) is 3.97. The van der Waals surface area contributed by atoms with Crippen LogP contribution in [0.15, 0.2) is 41.2 Å². The maximum Gasteiger partial charge on any atom is 0.345 e. The number of aliphatic hydroxyl groups excluding tert-OH is 1. The topological polar surface area (TPSA) is 102 Å². The molecule has 0 fully saturated rings. The maximum atomic E-state index is 13.1. The van der Waals surface area contributed by atoms with Crippen LogP contribution in [0.3, 0.4) is 0 Å². The van der Waals surface area contributed by atoms with Crippen LogP contribution in [0.5, 0.6) is 0 Å². The summed E-state index contributed by atoms with van der Waals surface area (Å²) in [4.78, 5) is 29.9.